The molecule has 1 aliphatic heterocycles. The van der Waals surface area contributed by atoms with Gasteiger partial charge in [-0.25, -0.2) is 0 Å². The second kappa shape index (κ2) is 11.0. The van der Waals surface area contributed by atoms with Crippen molar-refractivity contribution in [3.8, 4) is 0 Å². The fourth-order valence-corrected chi connectivity index (χ4v) is 5.57. The van der Waals surface area contributed by atoms with Gasteiger partial charge in [0, 0.05) is 48.3 Å². The highest BCUT2D eigenvalue weighted by Gasteiger charge is 2.41. The monoisotopic (exact) mass is 532 g/mol. The second-order valence-electron chi connectivity index (χ2n) is 9.53. The van der Waals surface area contributed by atoms with Crippen molar-refractivity contribution in [1.29, 1.82) is 0 Å². The highest BCUT2D eigenvalue weighted by Crippen LogP contribution is 2.39. The number of hydrogen-bond donors (Lipinski definition) is 2. The lowest BCUT2D eigenvalue weighted by molar-refractivity contribution is -0.116. The van der Waals surface area contributed by atoms with Crippen molar-refractivity contribution in [2.75, 3.05) is 11.9 Å². The molecule has 2 unspecified atom stereocenters. The molecule has 6 rings (SSSR count). The molecule has 2 N–H and O–H groups in total. The van der Waals surface area contributed by atoms with Gasteiger partial charge >= 0.3 is 0 Å². The summed E-state index contributed by atoms with van der Waals surface area (Å²) < 4.78 is 2.20. The Labute approximate surface area is 232 Å². The molecule has 194 valence electrons. The van der Waals surface area contributed by atoms with E-state index >= 15 is 0 Å². The largest absolute Gasteiger partial charge is 0.352 e. The van der Waals surface area contributed by atoms with Gasteiger partial charge < -0.3 is 20.1 Å². The number of carbonyl (C=O) groups excluding carboxylic acids is 1. The number of aromatic nitrogens is 3. The zero-order valence-electron chi connectivity index (χ0n) is 21.3. The predicted octanol–water partition coefficient (Wildman–Crippen LogP) is 5.48. The summed E-state index contributed by atoms with van der Waals surface area (Å²) in [5, 5.41) is 9.31. The normalized spacial score (nSPS) is 16.8. The molecule has 0 bridgehead atoms. The Kier molecular flexibility index (Phi) is 7.01. The molecule has 3 aromatic heterocycles. The maximum atomic E-state index is 13.1. The molecule has 1 fully saturated rings. The van der Waals surface area contributed by atoms with E-state index < -0.39 is 0 Å². The number of carbonyl (C=O) groups is 1. The van der Waals surface area contributed by atoms with Crippen molar-refractivity contribution < 1.29 is 4.79 Å². The molecule has 0 spiro atoms. The molecule has 4 heterocycles. The predicted molar refractivity (Wildman–Crippen MR) is 157 cm³/mol. The van der Waals surface area contributed by atoms with Crippen LogP contribution >= 0.6 is 12.2 Å². The summed E-state index contributed by atoms with van der Waals surface area (Å²) in [7, 11) is 0. The first-order valence-electron chi connectivity index (χ1n) is 13.0. The van der Waals surface area contributed by atoms with Gasteiger partial charge in [-0.1, -0.05) is 48.5 Å². The molecular weight excluding hydrogens is 504 g/mol. The number of nitrogens with zero attached hydrogens (tertiary/aromatic N) is 4. The van der Waals surface area contributed by atoms with Crippen LogP contribution in [0.25, 0.3) is 10.8 Å². The number of pyridine rings is 2. The minimum atomic E-state index is -0.155. The zero-order chi connectivity index (χ0) is 26.6. The van der Waals surface area contributed by atoms with Crippen LogP contribution in [0.4, 0.5) is 5.69 Å². The lowest BCUT2D eigenvalue weighted by Gasteiger charge is -2.28. The lowest BCUT2D eigenvalue weighted by atomic mass is 10.0. The Bertz CT molecular complexity index is 1600. The van der Waals surface area contributed by atoms with Crippen molar-refractivity contribution in [3.05, 3.63) is 127 Å². The van der Waals surface area contributed by atoms with E-state index in [4.69, 9.17) is 12.2 Å². The Morgan fingerprint density at radius 2 is 1.69 bits per heavy atom. The Balaban J connectivity index is 1.26. The summed E-state index contributed by atoms with van der Waals surface area (Å²) in [4.78, 5) is 24.4. The molecular formula is C31H28N6OS. The third-order valence-corrected chi connectivity index (χ3v) is 7.42. The Morgan fingerprint density at radius 3 is 2.51 bits per heavy atom. The van der Waals surface area contributed by atoms with Crippen LogP contribution in [-0.2, 0) is 11.3 Å². The maximum absolute atomic E-state index is 13.1. The molecule has 2 atom stereocenters. The molecule has 5 aromatic rings. The first kappa shape index (κ1) is 24.8. The summed E-state index contributed by atoms with van der Waals surface area (Å²) in [6.07, 6.45) is 5.95. The number of hydrogen-bond acceptors (Lipinski definition) is 4. The highest BCUT2D eigenvalue weighted by atomic mass is 32.1. The van der Waals surface area contributed by atoms with Gasteiger partial charge in [0.25, 0.3) is 0 Å². The average Bonchev–Trinajstić information content (AvgIpc) is 3.56. The first-order valence-corrected chi connectivity index (χ1v) is 13.4. The second-order valence-corrected chi connectivity index (χ2v) is 9.91. The van der Waals surface area contributed by atoms with Crippen molar-refractivity contribution in [1.82, 2.24) is 24.8 Å². The first-order chi connectivity index (χ1) is 19.2. The van der Waals surface area contributed by atoms with E-state index in [1.807, 2.05) is 91.1 Å². The van der Waals surface area contributed by atoms with Gasteiger partial charge in [-0.2, -0.15) is 0 Å². The molecule has 0 saturated carbocycles. The topological polar surface area (TPSA) is 75.1 Å². The summed E-state index contributed by atoms with van der Waals surface area (Å²) in [6.45, 7) is 1.10. The Morgan fingerprint density at radius 1 is 0.897 bits per heavy atom. The summed E-state index contributed by atoms with van der Waals surface area (Å²) >= 11 is 5.82. The summed E-state index contributed by atoms with van der Waals surface area (Å²) in [5.74, 6) is -0.0574. The minimum absolute atomic E-state index is 0.0574. The third kappa shape index (κ3) is 5.24. The van der Waals surface area contributed by atoms with Crippen molar-refractivity contribution in [3.63, 3.8) is 0 Å². The van der Waals surface area contributed by atoms with Gasteiger partial charge in [-0.3, -0.25) is 14.8 Å². The molecule has 0 radical (unpaired) electrons. The molecule has 1 amide bonds. The van der Waals surface area contributed by atoms with E-state index in [0.717, 1.165) is 33.5 Å². The molecule has 0 aliphatic carbocycles. The summed E-state index contributed by atoms with van der Waals surface area (Å²) in [5.41, 5.74) is 3.77. The fraction of sp³-hybridized carbons (Fsp3) is 0.161. The number of fused-ring (bicyclic) bond motifs is 1. The van der Waals surface area contributed by atoms with E-state index in [0.29, 0.717) is 18.2 Å². The van der Waals surface area contributed by atoms with Crippen LogP contribution in [0.2, 0.25) is 0 Å². The number of thiocarbonyl (C=S) groups is 1. The smallest absolute Gasteiger partial charge is 0.226 e. The van der Waals surface area contributed by atoms with Crippen LogP contribution < -0.4 is 10.6 Å². The van der Waals surface area contributed by atoms with Crippen LogP contribution in [0.5, 0.6) is 0 Å². The number of amides is 1. The van der Waals surface area contributed by atoms with Crippen LogP contribution in [0.1, 0.15) is 35.6 Å². The number of benzene rings is 2. The highest BCUT2D eigenvalue weighted by molar-refractivity contribution is 7.80. The SMILES string of the molecule is O=C(CCN1C(=S)NC(c2ccccn2)C1c1cccn1Cc1ccccn1)Nc1cccc2ccccc12. The third-order valence-electron chi connectivity index (χ3n) is 7.07. The van der Waals surface area contributed by atoms with Crippen LogP contribution in [0.15, 0.2) is 110 Å². The molecule has 2 aromatic carbocycles. The van der Waals surface area contributed by atoms with Gasteiger partial charge in [0.05, 0.1) is 30.0 Å². The van der Waals surface area contributed by atoms with Crippen molar-refractivity contribution in [2.45, 2.75) is 25.0 Å². The van der Waals surface area contributed by atoms with E-state index in [-0.39, 0.29) is 24.4 Å². The van der Waals surface area contributed by atoms with E-state index in [1.54, 1.807) is 6.20 Å². The van der Waals surface area contributed by atoms with E-state index in [1.165, 1.54) is 0 Å². The fourth-order valence-electron chi connectivity index (χ4n) is 5.24. The van der Waals surface area contributed by atoms with Gasteiger partial charge in [0.2, 0.25) is 5.91 Å². The van der Waals surface area contributed by atoms with Crippen LogP contribution in [0, 0.1) is 0 Å². The van der Waals surface area contributed by atoms with E-state index in [2.05, 4.69) is 42.3 Å². The van der Waals surface area contributed by atoms with Crippen LogP contribution in [0.3, 0.4) is 0 Å². The quantitative estimate of drug-likeness (QED) is 0.258. The zero-order valence-corrected chi connectivity index (χ0v) is 22.1. The van der Waals surface area contributed by atoms with Gasteiger partial charge in [-0.05, 0) is 60.1 Å². The molecule has 1 saturated heterocycles. The molecule has 8 heteroatoms. The maximum Gasteiger partial charge on any atom is 0.226 e. The average molecular weight is 533 g/mol. The minimum Gasteiger partial charge on any atom is -0.352 e. The summed E-state index contributed by atoms with van der Waals surface area (Å²) in [6, 6.07) is 29.7. The van der Waals surface area contributed by atoms with Crippen molar-refractivity contribution in [2.24, 2.45) is 0 Å². The number of anilines is 1. The van der Waals surface area contributed by atoms with Crippen LogP contribution in [-0.4, -0.2) is 37.0 Å². The lowest BCUT2D eigenvalue weighted by Crippen LogP contribution is -2.33. The number of rotatable bonds is 8. The Hall–Kier alpha value is -4.56. The van der Waals surface area contributed by atoms with Gasteiger partial charge in [-0.15, -0.1) is 0 Å². The van der Waals surface area contributed by atoms with Gasteiger partial charge in [0.15, 0.2) is 5.11 Å². The number of nitrogens with one attached hydrogen (secondary N) is 2. The molecule has 39 heavy (non-hydrogen) atoms. The standard InChI is InChI=1S/C31H28N6OS/c38-28(34-25-14-7-10-22-9-1-2-12-24(22)25)16-20-37-30(29(35-31(37)39)26-13-4-6-18-33-26)27-15-8-19-36(27)21-23-11-3-5-17-32-23/h1-15,17-19,29-30H,16,20-21H2,(H,34,38)(H,35,39). The molecule has 7 nitrogen and oxygen atoms in total. The van der Waals surface area contributed by atoms with Gasteiger partial charge in [0.1, 0.15) is 0 Å². The molecule has 1 aliphatic rings. The van der Waals surface area contributed by atoms with E-state index in [9.17, 15) is 4.79 Å². The van der Waals surface area contributed by atoms with Crippen molar-refractivity contribution >= 4 is 39.7 Å².